The van der Waals surface area contributed by atoms with Crippen LogP contribution in [-0.2, 0) is 11.2 Å². The number of nitrogens with zero attached hydrogens (tertiary/aromatic N) is 1. The molecule has 136 valence electrons. The molecule has 1 aromatic carbocycles. The standard InChI is InChI=1S/C19H31N3O.ClH/c1-4-13-22(17-9-11-20-12-10-17)14-18(23)21-19-15(3)7-6-8-16(19)5-2;/h6-8,17,20H,4-5,9-14H2,1-3H3,(H,21,23);1H. The first-order chi connectivity index (χ1) is 11.2. The predicted octanol–water partition coefficient (Wildman–Crippen LogP) is 3.38. The molecule has 0 radical (unpaired) electrons. The number of nitrogens with one attached hydrogen (secondary N) is 2. The number of hydrogen-bond acceptors (Lipinski definition) is 3. The lowest BCUT2D eigenvalue weighted by Crippen LogP contribution is -2.46. The van der Waals surface area contributed by atoms with Gasteiger partial charge in [-0.3, -0.25) is 9.69 Å². The molecule has 1 fully saturated rings. The average molecular weight is 354 g/mol. The summed E-state index contributed by atoms with van der Waals surface area (Å²) in [6, 6.07) is 6.75. The molecule has 0 aromatic heterocycles. The largest absolute Gasteiger partial charge is 0.324 e. The molecule has 1 saturated heterocycles. The first kappa shape index (κ1) is 20.9. The monoisotopic (exact) mass is 353 g/mol. The molecule has 0 atom stereocenters. The molecule has 2 rings (SSSR count). The smallest absolute Gasteiger partial charge is 0.238 e. The molecule has 0 spiro atoms. The number of amides is 1. The summed E-state index contributed by atoms with van der Waals surface area (Å²) in [6.07, 6.45) is 4.29. The maximum absolute atomic E-state index is 12.6. The van der Waals surface area contributed by atoms with Gasteiger partial charge >= 0.3 is 0 Å². The van der Waals surface area contributed by atoms with Crippen LogP contribution in [0.15, 0.2) is 18.2 Å². The zero-order valence-corrected chi connectivity index (χ0v) is 16.0. The molecule has 0 unspecified atom stereocenters. The van der Waals surface area contributed by atoms with Crippen LogP contribution >= 0.6 is 12.4 Å². The van der Waals surface area contributed by atoms with Crippen LogP contribution in [0, 0.1) is 6.92 Å². The van der Waals surface area contributed by atoms with E-state index in [0.717, 1.165) is 56.6 Å². The van der Waals surface area contributed by atoms with E-state index in [-0.39, 0.29) is 18.3 Å². The van der Waals surface area contributed by atoms with E-state index in [0.29, 0.717) is 12.6 Å². The van der Waals surface area contributed by atoms with E-state index in [1.807, 2.05) is 0 Å². The van der Waals surface area contributed by atoms with Crippen molar-refractivity contribution in [1.82, 2.24) is 10.2 Å². The van der Waals surface area contributed by atoms with Gasteiger partial charge in [-0.25, -0.2) is 0 Å². The summed E-state index contributed by atoms with van der Waals surface area (Å²) in [7, 11) is 0. The Morgan fingerprint density at radius 3 is 2.62 bits per heavy atom. The quantitative estimate of drug-likeness (QED) is 0.789. The van der Waals surface area contributed by atoms with Crippen LogP contribution in [0.4, 0.5) is 5.69 Å². The number of anilines is 1. The molecular formula is C19H32ClN3O. The van der Waals surface area contributed by atoms with Crippen LogP contribution in [0.25, 0.3) is 0 Å². The van der Waals surface area contributed by atoms with Gasteiger partial charge in [0.05, 0.1) is 6.54 Å². The number of halogens is 1. The summed E-state index contributed by atoms with van der Waals surface area (Å²) in [6.45, 7) is 9.98. The fourth-order valence-electron chi connectivity index (χ4n) is 3.42. The van der Waals surface area contributed by atoms with E-state index in [9.17, 15) is 4.79 Å². The second-order valence-corrected chi connectivity index (χ2v) is 6.46. The van der Waals surface area contributed by atoms with Crippen molar-refractivity contribution in [2.45, 2.75) is 52.5 Å². The zero-order chi connectivity index (χ0) is 16.7. The van der Waals surface area contributed by atoms with Gasteiger partial charge in [-0.2, -0.15) is 0 Å². The third kappa shape index (κ3) is 5.76. The van der Waals surface area contributed by atoms with Crippen molar-refractivity contribution in [2.75, 3.05) is 31.5 Å². The molecule has 2 N–H and O–H groups in total. The number of benzene rings is 1. The van der Waals surface area contributed by atoms with Crippen molar-refractivity contribution in [2.24, 2.45) is 0 Å². The summed E-state index contributed by atoms with van der Waals surface area (Å²) in [5, 5.41) is 6.56. The van der Waals surface area contributed by atoms with E-state index < -0.39 is 0 Å². The first-order valence-corrected chi connectivity index (χ1v) is 8.98. The molecule has 1 aliphatic rings. The fourth-order valence-corrected chi connectivity index (χ4v) is 3.42. The molecular weight excluding hydrogens is 322 g/mol. The summed E-state index contributed by atoms with van der Waals surface area (Å²) < 4.78 is 0. The highest BCUT2D eigenvalue weighted by molar-refractivity contribution is 5.93. The second-order valence-electron chi connectivity index (χ2n) is 6.46. The van der Waals surface area contributed by atoms with Gasteiger partial charge in [-0.05, 0) is 63.4 Å². The lowest BCUT2D eigenvalue weighted by atomic mass is 10.0. The topological polar surface area (TPSA) is 44.4 Å². The minimum atomic E-state index is 0. The molecule has 0 aliphatic carbocycles. The van der Waals surface area contributed by atoms with Gasteiger partial charge < -0.3 is 10.6 Å². The Labute approximate surface area is 152 Å². The van der Waals surface area contributed by atoms with Crippen LogP contribution in [0.3, 0.4) is 0 Å². The van der Waals surface area contributed by atoms with E-state index >= 15 is 0 Å². The number of carbonyl (C=O) groups excluding carboxylic acids is 1. The molecule has 4 nitrogen and oxygen atoms in total. The van der Waals surface area contributed by atoms with Gasteiger partial charge in [0, 0.05) is 11.7 Å². The van der Waals surface area contributed by atoms with Gasteiger partial charge in [0.1, 0.15) is 0 Å². The van der Waals surface area contributed by atoms with Crippen molar-refractivity contribution in [3.8, 4) is 0 Å². The van der Waals surface area contributed by atoms with Crippen LogP contribution in [-0.4, -0.2) is 43.0 Å². The van der Waals surface area contributed by atoms with E-state index in [2.05, 4.69) is 54.5 Å². The third-order valence-corrected chi connectivity index (χ3v) is 4.69. The Morgan fingerprint density at radius 1 is 1.29 bits per heavy atom. The lowest BCUT2D eigenvalue weighted by Gasteiger charge is -2.34. The molecule has 0 saturated carbocycles. The van der Waals surface area contributed by atoms with Gasteiger partial charge in [0.2, 0.25) is 5.91 Å². The van der Waals surface area contributed by atoms with Crippen molar-refractivity contribution >= 4 is 24.0 Å². The Bertz CT molecular complexity index is 515. The second kappa shape index (κ2) is 10.7. The van der Waals surface area contributed by atoms with Gasteiger partial charge in [-0.15, -0.1) is 12.4 Å². The lowest BCUT2D eigenvalue weighted by molar-refractivity contribution is -0.118. The van der Waals surface area contributed by atoms with Crippen LogP contribution < -0.4 is 10.6 Å². The maximum Gasteiger partial charge on any atom is 0.238 e. The fraction of sp³-hybridized carbons (Fsp3) is 0.632. The predicted molar refractivity (Wildman–Crippen MR) is 104 cm³/mol. The van der Waals surface area contributed by atoms with Crippen molar-refractivity contribution < 1.29 is 4.79 Å². The average Bonchev–Trinajstić information content (AvgIpc) is 2.57. The molecule has 1 heterocycles. The minimum absolute atomic E-state index is 0. The number of para-hydroxylation sites is 1. The summed E-state index contributed by atoms with van der Waals surface area (Å²) >= 11 is 0. The number of hydrogen-bond donors (Lipinski definition) is 2. The number of aryl methyl sites for hydroxylation is 2. The molecule has 5 heteroatoms. The van der Waals surface area contributed by atoms with Gasteiger partial charge in [0.25, 0.3) is 0 Å². The Kier molecular flexibility index (Phi) is 9.34. The molecule has 1 aromatic rings. The molecule has 24 heavy (non-hydrogen) atoms. The van der Waals surface area contributed by atoms with Gasteiger partial charge in [-0.1, -0.05) is 32.0 Å². The highest BCUT2D eigenvalue weighted by Crippen LogP contribution is 2.21. The Morgan fingerprint density at radius 2 is 2.00 bits per heavy atom. The third-order valence-electron chi connectivity index (χ3n) is 4.69. The number of carbonyl (C=O) groups is 1. The van der Waals surface area contributed by atoms with Crippen molar-refractivity contribution in [1.29, 1.82) is 0 Å². The normalized spacial score (nSPS) is 15.2. The highest BCUT2D eigenvalue weighted by atomic mass is 35.5. The Balaban J connectivity index is 0.00000288. The SMILES string of the molecule is CCCN(CC(=O)Nc1c(C)cccc1CC)C1CCNCC1.Cl. The van der Waals surface area contributed by atoms with Crippen LogP contribution in [0.5, 0.6) is 0 Å². The minimum Gasteiger partial charge on any atom is -0.324 e. The summed E-state index contributed by atoms with van der Waals surface area (Å²) in [4.78, 5) is 15.0. The first-order valence-electron chi connectivity index (χ1n) is 8.98. The molecule has 0 bridgehead atoms. The van der Waals surface area contributed by atoms with E-state index in [4.69, 9.17) is 0 Å². The zero-order valence-electron chi connectivity index (χ0n) is 15.2. The van der Waals surface area contributed by atoms with Gasteiger partial charge in [0.15, 0.2) is 0 Å². The van der Waals surface area contributed by atoms with Crippen molar-refractivity contribution in [3.63, 3.8) is 0 Å². The van der Waals surface area contributed by atoms with E-state index in [1.54, 1.807) is 0 Å². The maximum atomic E-state index is 12.6. The summed E-state index contributed by atoms with van der Waals surface area (Å²) in [5.41, 5.74) is 3.35. The molecule has 1 aliphatic heterocycles. The van der Waals surface area contributed by atoms with Crippen LogP contribution in [0.1, 0.15) is 44.2 Å². The summed E-state index contributed by atoms with van der Waals surface area (Å²) in [5.74, 6) is 0.112. The van der Waals surface area contributed by atoms with Crippen molar-refractivity contribution in [3.05, 3.63) is 29.3 Å². The molecule has 1 amide bonds. The highest BCUT2D eigenvalue weighted by Gasteiger charge is 2.22. The number of rotatable bonds is 7. The number of piperidine rings is 1. The van der Waals surface area contributed by atoms with Crippen LogP contribution in [0.2, 0.25) is 0 Å². The Hall–Kier alpha value is -1.10. The van der Waals surface area contributed by atoms with E-state index in [1.165, 1.54) is 5.56 Å².